The maximum absolute atomic E-state index is 11.9. The number of nitrogens with two attached hydrogens (primary N) is 1. The Balaban J connectivity index is 2.02. The lowest BCUT2D eigenvalue weighted by atomic mass is 9.97. The molecule has 2 rings (SSSR count). The van der Waals surface area contributed by atoms with Crippen molar-refractivity contribution < 1.29 is 4.79 Å². The summed E-state index contributed by atoms with van der Waals surface area (Å²) in [5.41, 5.74) is 5.97. The minimum atomic E-state index is 0.222. The van der Waals surface area contributed by atoms with Gasteiger partial charge in [-0.1, -0.05) is 0 Å². The van der Waals surface area contributed by atoms with Crippen LogP contribution in [-0.2, 0) is 4.79 Å². The van der Waals surface area contributed by atoms with Gasteiger partial charge in [-0.05, 0) is 33.4 Å². The Kier molecular flexibility index (Phi) is 2.49. The molecule has 2 heterocycles. The third kappa shape index (κ3) is 1.53. The summed E-state index contributed by atoms with van der Waals surface area (Å²) in [6.45, 7) is 0.514. The second-order valence-electron chi connectivity index (χ2n) is 4.74. The summed E-state index contributed by atoms with van der Waals surface area (Å²) in [5.74, 6) is 0.246. The molecule has 0 radical (unpaired) electrons. The first-order valence-corrected chi connectivity index (χ1v) is 5.31. The summed E-state index contributed by atoms with van der Waals surface area (Å²) >= 11 is 0. The zero-order chi connectivity index (χ0) is 10.3. The quantitative estimate of drug-likeness (QED) is 0.657. The summed E-state index contributed by atoms with van der Waals surface area (Å²) < 4.78 is 0. The molecule has 2 fully saturated rings. The van der Waals surface area contributed by atoms with Gasteiger partial charge in [0, 0.05) is 18.1 Å². The molecule has 2 bridgehead atoms. The maximum atomic E-state index is 11.9. The highest BCUT2D eigenvalue weighted by molar-refractivity contribution is 5.79. The first kappa shape index (κ1) is 9.93. The molecule has 3 atom stereocenters. The van der Waals surface area contributed by atoms with Gasteiger partial charge in [-0.2, -0.15) is 0 Å². The highest BCUT2D eigenvalue weighted by atomic mass is 16.2. The van der Waals surface area contributed by atoms with Crippen LogP contribution in [0.25, 0.3) is 0 Å². The standard InChI is InChI=1S/C10H19N3O/c1-12(2)6-10(14)13-7-3-4-9(13)8(11)5-7/h7-9H,3-6,11H2,1-2H3. The van der Waals surface area contributed by atoms with Crippen LogP contribution in [-0.4, -0.2) is 54.5 Å². The number of rotatable bonds is 2. The first-order valence-electron chi connectivity index (χ1n) is 5.31. The summed E-state index contributed by atoms with van der Waals surface area (Å²) in [6.07, 6.45) is 3.26. The predicted molar refractivity (Wildman–Crippen MR) is 54.8 cm³/mol. The second-order valence-corrected chi connectivity index (χ2v) is 4.74. The zero-order valence-corrected chi connectivity index (χ0v) is 8.94. The summed E-state index contributed by atoms with van der Waals surface area (Å²) in [5, 5.41) is 0. The van der Waals surface area contributed by atoms with Crippen molar-refractivity contribution in [3.05, 3.63) is 0 Å². The zero-order valence-electron chi connectivity index (χ0n) is 8.94. The van der Waals surface area contributed by atoms with Crippen molar-refractivity contribution in [2.75, 3.05) is 20.6 Å². The van der Waals surface area contributed by atoms with Crippen LogP contribution in [0.4, 0.5) is 0 Å². The normalized spacial score (nSPS) is 35.7. The maximum Gasteiger partial charge on any atom is 0.237 e. The van der Waals surface area contributed by atoms with Gasteiger partial charge in [0.1, 0.15) is 0 Å². The van der Waals surface area contributed by atoms with Crippen molar-refractivity contribution in [2.45, 2.75) is 37.4 Å². The lowest BCUT2D eigenvalue weighted by molar-refractivity contribution is -0.133. The Labute approximate surface area is 85.0 Å². The molecule has 80 valence electrons. The molecule has 2 aliphatic heterocycles. The van der Waals surface area contributed by atoms with Gasteiger partial charge in [-0.15, -0.1) is 0 Å². The molecular formula is C10H19N3O. The SMILES string of the molecule is CN(C)CC(=O)N1C2CCC1C(N)C2. The molecule has 2 saturated heterocycles. The number of hydrogen-bond acceptors (Lipinski definition) is 3. The van der Waals surface area contributed by atoms with Crippen LogP contribution in [0.15, 0.2) is 0 Å². The molecule has 1 amide bonds. The van der Waals surface area contributed by atoms with Gasteiger partial charge >= 0.3 is 0 Å². The fourth-order valence-electron chi connectivity index (χ4n) is 2.78. The highest BCUT2D eigenvalue weighted by Gasteiger charge is 2.46. The minimum Gasteiger partial charge on any atom is -0.334 e. The molecule has 0 aromatic heterocycles. The van der Waals surface area contributed by atoms with E-state index in [1.54, 1.807) is 0 Å². The molecule has 4 nitrogen and oxygen atoms in total. The molecule has 0 aromatic rings. The molecule has 4 heteroatoms. The fourth-order valence-corrected chi connectivity index (χ4v) is 2.78. The van der Waals surface area contributed by atoms with E-state index in [0.717, 1.165) is 19.3 Å². The first-order chi connectivity index (χ1) is 6.59. The van der Waals surface area contributed by atoms with E-state index >= 15 is 0 Å². The molecule has 3 unspecified atom stereocenters. The Morgan fingerprint density at radius 1 is 1.50 bits per heavy atom. The molecule has 0 aromatic carbocycles. The Morgan fingerprint density at radius 2 is 2.21 bits per heavy atom. The van der Waals surface area contributed by atoms with Crippen molar-refractivity contribution in [3.8, 4) is 0 Å². The van der Waals surface area contributed by atoms with E-state index in [-0.39, 0.29) is 11.9 Å². The molecule has 2 aliphatic rings. The van der Waals surface area contributed by atoms with Gasteiger partial charge < -0.3 is 15.5 Å². The fraction of sp³-hybridized carbons (Fsp3) is 0.900. The Morgan fingerprint density at radius 3 is 2.64 bits per heavy atom. The van der Waals surface area contributed by atoms with E-state index in [9.17, 15) is 4.79 Å². The number of hydrogen-bond donors (Lipinski definition) is 1. The minimum absolute atomic E-state index is 0.222. The van der Waals surface area contributed by atoms with Crippen LogP contribution in [0.1, 0.15) is 19.3 Å². The van der Waals surface area contributed by atoms with Gasteiger partial charge in [0.05, 0.1) is 6.54 Å². The molecule has 0 spiro atoms. The lowest BCUT2D eigenvalue weighted by Gasteiger charge is -2.24. The second kappa shape index (κ2) is 3.51. The number of likely N-dealkylation sites (N-methyl/N-ethyl adjacent to an activating group) is 1. The Hall–Kier alpha value is -0.610. The molecule has 14 heavy (non-hydrogen) atoms. The van der Waals surface area contributed by atoms with Crippen LogP contribution in [0.3, 0.4) is 0 Å². The molecular weight excluding hydrogens is 178 g/mol. The van der Waals surface area contributed by atoms with E-state index in [1.165, 1.54) is 0 Å². The van der Waals surface area contributed by atoms with Crippen molar-refractivity contribution in [1.29, 1.82) is 0 Å². The predicted octanol–water partition coefficient (Wildman–Crippen LogP) is -0.361. The number of carbonyl (C=O) groups is 1. The largest absolute Gasteiger partial charge is 0.334 e. The summed E-state index contributed by atoms with van der Waals surface area (Å²) in [4.78, 5) is 15.8. The van der Waals surface area contributed by atoms with Crippen molar-refractivity contribution in [1.82, 2.24) is 9.80 Å². The third-order valence-corrected chi connectivity index (χ3v) is 3.32. The van der Waals surface area contributed by atoms with Gasteiger partial charge in [0.15, 0.2) is 0 Å². The van der Waals surface area contributed by atoms with E-state index < -0.39 is 0 Å². The number of amides is 1. The monoisotopic (exact) mass is 197 g/mol. The van der Waals surface area contributed by atoms with Crippen LogP contribution >= 0.6 is 0 Å². The van der Waals surface area contributed by atoms with Gasteiger partial charge in [-0.25, -0.2) is 0 Å². The van der Waals surface area contributed by atoms with Gasteiger partial charge in [0.2, 0.25) is 5.91 Å². The molecule has 2 N–H and O–H groups in total. The van der Waals surface area contributed by atoms with E-state index in [0.29, 0.717) is 18.6 Å². The number of nitrogens with zero attached hydrogens (tertiary/aromatic N) is 2. The van der Waals surface area contributed by atoms with Crippen LogP contribution in [0.2, 0.25) is 0 Å². The molecule has 0 saturated carbocycles. The average molecular weight is 197 g/mol. The third-order valence-electron chi connectivity index (χ3n) is 3.32. The topological polar surface area (TPSA) is 49.6 Å². The van der Waals surface area contributed by atoms with E-state index in [1.807, 2.05) is 23.9 Å². The average Bonchev–Trinajstić information content (AvgIpc) is 2.58. The lowest BCUT2D eigenvalue weighted by Crippen LogP contribution is -2.43. The number of fused-ring (bicyclic) bond motifs is 2. The smallest absolute Gasteiger partial charge is 0.237 e. The van der Waals surface area contributed by atoms with Crippen LogP contribution in [0, 0.1) is 0 Å². The van der Waals surface area contributed by atoms with E-state index in [4.69, 9.17) is 5.73 Å². The van der Waals surface area contributed by atoms with Gasteiger partial charge in [-0.3, -0.25) is 4.79 Å². The van der Waals surface area contributed by atoms with Crippen molar-refractivity contribution in [3.63, 3.8) is 0 Å². The van der Waals surface area contributed by atoms with Crippen molar-refractivity contribution >= 4 is 5.91 Å². The summed E-state index contributed by atoms with van der Waals surface area (Å²) in [7, 11) is 3.85. The molecule has 0 aliphatic carbocycles. The van der Waals surface area contributed by atoms with Gasteiger partial charge in [0.25, 0.3) is 0 Å². The number of carbonyl (C=O) groups excluding carboxylic acids is 1. The van der Waals surface area contributed by atoms with E-state index in [2.05, 4.69) is 0 Å². The Bertz CT molecular complexity index is 242. The van der Waals surface area contributed by atoms with Crippen molar-refractivity contribution in [2.24, 2.45) is 5.73 Å². The van der Waals surface area contributed by atoms with Crippen LogP contribution < -0.4 is 5.73 Å². The van der Waals surface area contributed by atoms with Crippen LogP contribution in [0.5, 0.6) is 0 Å². The highest BCUT2D eigenvalue weighted by Crippen LogP contribution is 2.36. The summed E-state index contributed by atoms with van der Waals surface area (Å²) in [6, 6.07) is 0.981.